The average Bonchev–Trinajstić information content (AvgIpc) is 2.93. The zero-order valence-electron chi connectivity index (χ0n) is 22.9. The predicted molar refractivity (Wildman–Crippen MR) is 155 cm³/mol. The van der Waals surface area contributed by atoms with Crippen LogP contribution < -0.4 is 15.6 Å². The van der Waals surface area contributed by atoms with Crippen LogP contribution in [0.5, 0.6) is 0 Å². The molecule has 41 heavy (non-hydrogen) atoms. The standard InChI is InChI=1S/C30H29N3O7S/c1-5-25(28(35)31-21-14-16-22(17-15-21)41(38,39)32-19(3)34)40-30(37)27-26(20-12-10-18(2)11-13-20)23-8-6-7-9-24(23)29(36)33(27)4/h6-17,25H,5H2,1-4H3,(H,31,35)(H,32,34). The number of carbonyl (C=O) groups excluding carboxylic acids is 3. The summed E-state index contributed by atoms with van der Waals surface area (Å²) in [4.78, 5) is 50.9. The van der Waals surface area contributed by atoms with Gasteiger partial charge in [0.1, 0.15) is 5.69 Å². The SMILES string of the molecule is CCC(OC(=O)c1c(-c2ccc(C)cc2)c2ccccc2c(=O)n1C)C(=O)Nc1ccc(S(=O)(=O)NC(C)=O)cc1. The van der Waals surface area contributed by atoms with Crippen molar-refractivity contribution in [2.45, 2.75) is 38.2 Å². The number of ether oxygens (including phenoxy) is 1. The summed E-state index contributed by atoms with van der Waals surface area (Å²) in [7, 11) is -2.55. The normalized spacial score (nSPS) is 12.0. The maximum atomic E-state index is 13.6. The maximum Gasteiger partial charge on any atom is 0.356 e. The highest BCUT2D eigenvalue weighted by molar-refractivity contribution is 7.90. The van der Waals surface area contributed by atoms with E-state index in [1.807, 2.05) is 35.9 Å². The number of carbonyl (C=O) groups is 3. The van der Waals surface area contributed by atoms with Crippen molar-refractivity contribution in [1.29, 1.82) is 0 Å². The van der Waals surface area contributed by atoms with Crippen LogP contribution in [-0.4, -0.2) is 36.9 Å². The van der Waals surface area contributed by atoms with E-state index >= 15 is 0 Å². The number of amides is 2. The van der Waals surface area contributed by atoms with Gasteiger partial charge in [0.05, 0.1) is 4.90 Å². The summed E-state index contributed by atoms with van der Waals surface area (Å²) in [5, 5.41) is 3.63. The van der Waals surface area contributed by atoms with E-state index in [2.05, 4.69) is 5.32 Å². The van der Waals surface area contributed by atoms with Crippen LogP contribution in [0.3, 0.4) is 0 Å². The highest BCUT2D eigenvalue weighted by Gasteiger charge is 2.28. The molecule has 4 aromatic rings. The summed E-state index contributed by atoms with van der Waals surface area (Å²) in [6.45, 7) is 4.69. The van der Waals surface area contributed by atoms with E-state index in [-0.39, 0.29) is 28.3 Å². The number of rotatable bonds is 8. The van der Waals surface area contributed by atoms with Crippen molar-refractivity contribution in [3.63, 3.8) is 0 Å². The van der Waals surface area contributed by atoms with Crippen molar-refractivity contribution in [2.24, 2.45) is 7.05 Å². The number of aromatic nitrogens is 1. The zero-order valence-corrected chi connectivity index (χ0v) is 23.7. The molecule has 1 atom stereocenters. The Morgan fingerprint density at radius 1 is 0.927 bits per heavy atom. The van der Waals surface area contributed by atoms with Crippen LogP contribution >= 0.6 is 0 Å². The van der Waals surface area contributed by atoms with Crippen molar-refractivity contribution in [1.82, 2.24) is 9.29 Å². The average molecular weight is 576 g/mol. The van der Waals surface area contributed by atoms with Gasteiger partial charge in [-0.3, -0.25) is 14.4 Å². The van der Waals surface area contributed by atoms with Gasteiger partial charge >= 0.3 is 5.97 Å². The molecule has 0 spiro atoms. The van der Waals surface area contributed by atoms with Gasteiger partial charge in [-0.05, 0) is 54.6 Å². The molecule has 0 radical (unpaired) electrons. The number of anilines is 1. The monoisotopic (exact) mass is 575 g/mol. The van der Waals surface area contributed by atoms with E-state index in [9.17, 15) is 27.6 Å². The Labute approximate surface area is 237 Å². The summed E-state index contributed by atoms with van der Waals surface area (Å²) in [5.41, 5.74) is 2.13. The van der Waals surface area contributed by atoms with E-state index in [1.54, 1.807) is 31.2 Å². The van der Waals surface area contributed by atoms with Crippen LogP contribution in [0.2, 0.25) is 0 Å². The number of nitrogens with one attached hydrogen (secondary N) is 2. The molecule has 0 saturated carbocycles. The first kappa shape index (κ1) is 29.2. The lowest BCUT2D eigenvalue weighted by Gasteiger charge is -2.20. The molecule has 0 aliphatic rings. The van der Waals surface area contributed by atoms with E-state index in [1.165, 1.54) is 35.9 Å². The van der Waals surface area contributed by atoms with Gasteiger partial charge < -0.3 is 14.6 Å². The molecule has 1 unspecified atom stereocenters. The molecule has 2 N–H and O–H groups in total. The second-order valence-electron chi connectivity index (χ2n) is 9.48. The van der Waals surface area contributed by atoms with E-state index in [0.29, 0.717) is 21.9 Å². The van der Waals surface area contributed by atoms with Gasteiger partial charge in [-0.2, -0.15) is 0 Å². The third-order valence-electron chi connectivity index (χ3n) is 6.46. The first-order valence-corrected chi connectivity index (χ1v) is 14.2. The number of pyridine rings is 1. The minimum absolute atomic E-state index is 0.0105. The fraction of sp³-hybridized carbons (Fsp3) is 0.200. The zero-order chi connectivity index (χ0) is 29.9. The smallest absolute Gasteiger partial charge is 0.356 e. The largest absolute Gasteiger partial charge is 0.448 e. The Morgan fingerprint density at radius 2 is 1.54 bits per heavy atom. The lowest BCUT2D eigenvalue weighted by Crippen LogP contribution is -2.34. The van der Waals surface area contributed by atoms with Gasteiger partial charge in [-0.25, -0.2) is 17.9 Å². The minimum Gasteiger partial charge on any atom is -0.448 e. The molecule has 0 aliphatic heterocycles. The Bertz CT molecular complexity index is 1810. The summed E-state index contributed by atoms with van der Waals surface area (Å²) in [5.74, 6) is -2.21. The van der Waals surface area contributed by atoms with Crippen LogP contribution in [0, 0.1) is 6.92 Å². The number of benzene rings is 3. The molecule has 1 heterocycles. The third-order valence-corrected chi connectivity index (χ3v) is 7.91. The first-order valence-electron chi connectivity index (χ1n) is 12.8. The van der Waals surface area contributed by atoms with Crippen molar-refractivity contribution in [3.05, 3.63) is 94.4 Å². The number of hydrogen-bond acceptors (Lipinski definition) is 7. The summed E-state index contributed by atoms with van der Waals surface area (Å²) in [6, 6.07) is 19.7. The van der Waals surface area contributed by atoms with Gasteiger partial charge in [0.25, 0.3) is 21.5 Å². The highest BCUT2D eigenvalue weighted by Crippen LogP contribution is 2.31. The number of fused-ring (bicyclic) bond motifs is 1. The fourth-order valence-corrected chi connectivity index (χ4v) is 5.40. The van der Waals surface area contributed by atoms with Gasteiger partial charge in [0.15, 0.2) is 6.10 Å². The van der Waals surface area contributed by atoms with Gasteiger partial charge in [0, 0.05) is 30.6 Å². The molecule has 1 aromatic heterocycles. The molecule has 10 nitrogen and oxygen atoms in total. The second kappa shape index (κ2) is 11.8. The predicted octanol–water partition coefficient (Wildman–Crippen LogP) is 3.91. The number of esters is 1. The number of hydrogen-bond donors (Lipinski definition) is 2. The maximum absolute atomic E-state index is 13.6. The number of aryl methyl sites for hydroxylation is 1. The molecule has 2 amide bonds. The molecule has 212 valence electrons. The molecule has 0 fully saturated rings. The molecule has 4 rings (SSSR count). The van der Waals surface area contributed by atoms with Crippen LogP contribution in [0.25, 0.3) is 21.9 Å². The minimum atomic E-state index is -4.03. The molecular formula is C30H29N3O7S. The Hall–Kier alpha value is -4.77. The molecule has 0 bridgehead atoms. The van der Waals surface area contributed by atoms with E-state index in [4.69, 9.17) is 4.74 Å². The number of nitrogens with zero attached hydrogens (tertiary/aromatic N) is 1. The highest BCUT2D eigenvalue weighted by atomic mass is 32.2. The Morgan fingerprint density at radius 3 is 2.12 bits per heavy atom. The van der Waals surface area contributed by atoms with Crippen molar-refractivity contribution < 1.29 is 27.5 Å². The van der Waals surface area contributed by atoms with Crippen molar-refractivity contribution >= 4 is 44.3 Å². The van der Waals surface area contributed by atoms with Crippen molar-refractivity contribution in [3.8, 4) is 11.1 Å². The van der Waals surface area contributed by atoms with Gasteiger partial charge in [-0.1, -0.05) is 55.0 Å². The van der Waals surface area contributed by atoms with Gasteiger partial charge in [0.2, 0.25) is 5.91 Å². The van der Waals surface area contributed by atoms with E-state index < -0.39 is 33.9 Å². The summed E-state index contributed by atoms with van der Waals surface area (Å²) >= 11 is 0. The van der Waals surface area contributed by atoms with Crippen LogP contribution in [-0.2, 0) is 31.4 Å². The summed E-state index contributed by atoms with van der Waals surface area (Å²) < 4.78 is 33.1. The third kappa shape index (κ3) is 6.20. The van der Waals surface area contributed by atoms with E-state index in [0.717, 1.165) is 12.5 Å². The summed E-state index contributed by atoms with van der Waals surface area (Å²) in [6.07, 6.45) is -1.08. The Balaban J connectivity index is 1.64. The van der Waals surface area contributed by atoms with Gasteiger partial charge in [-0.15, -0.1) is 0 Å². The fourth-order valence-electron chi connectivity index (χ4n) is 4.41. The quantitative estimate of drug-likeness (QED) is 0.304. The second-order valence-corrected chi connectivity index (χ2v) is 11.2. The molecule has 0 saturated heterocycles. The number of sulfonamides is 1. The molecule has 11 heteroatoms. The van der Waals surface area contributed by atoms with Crippen LogP contribution in [0.15, 0.2) is 82.5 Å². The molecular weight excluding hydrogens is 546 g/mol. The molecule has 0 aliphatic carbocycles. The first-order chi connectivity index (χ1) is 19.4. The lowest BCUT2D eigenvalue weighted by molar-refractivity contribution is -0.124. The lowest BCUT2D eigenvalue weighted by atomic mass is 9.96. The Kier molecular flexibility index (Phi) is 8.39. The van der Waals surface area contributed by atoms with Crippen LogP contribution in [0.4, 0.5) is 5.69 Å². The van der Waals surface area contributed by atoms with Crippen molar-refractivity contribution in [2.75, 3.05) is 5.32 Å². The molecule has 3 aromatic carbocycles. The topological polar surface area (TPSA) is 141 Å². The van der Waals surface area contributed by atoms with Crippen LogP contribution in [0.1, 0.15) is 36.3 Å².